The van der Waals surface area contributed by atoms with E-state index in [4.69, 9.17) is 5.73 Å². The number of aromatic nitrogens is 3. The topological polar surface area (TPSA) is 120 Å². The highest BCUT2D eigenvalue weighted by atomic mass is 16.6. The Morgan fingerprint density at radius 3 is 2.80 bits per heavy atom. The first kappa shape index (κ1) is 13.7. The highest BCUT2D eigenvalue weighted by Gasteiger charge is 2.22. The van der Waals surface area contributed by atoms with Gasteiger partial charge in [-0.15, -0.1) is 0 Å². The Kier molecular flexibility index (Phi) is 3.74. The minimum atomic E-state index is -0.521. The Morgan fingerprint density at radius 1 is 1.45 bits per heavy atom. The van der Waals surface area contributed by atoms with E-state index in [0.717, 1.165) is 5.56 Å². The standard InChI is InChI=1S/C12H14N6O2/c1-7(9-4-3-5-14-6-9)15-11-10(18(19)20)8(2)16-12(13)17-11/h3-7H,1-2H3,(H3,13,15,16,17). The second-order valence-electron chi connectivity index (χ2n) is 4.27. The zero-order chi connectivity index (χ0) is 14.7. The fourth-order valence-corrected chi connectivity index (χ4v) is 1.83. The lowest BCUT2D eigenvalue weighted by atomic mass is 10.1. The van der Waals surface area contributed by atoms with Gasteiger partial charge in [-0.2, -0.15) is 4.98 Å². The van der Waals surface area contributed by atoms with Gasteiger partial charge in [0.2, 0.25) is 11.8 Å². The first-order valence-electron chi connectivity index (χ1n) is 5.94. The van der Waals surface area contributed by atoms with Gasteiger partial charge >= 0.3 is 5.69 Å². The minimum absolute atomic E-state index is 0.00557. The Hall–Kier alpha value is -2.77. The third kappa shape index (κ3) is 2.79. The number of nitrogens with two attached hydrogens (primary N) is 1. The largest absolute Gasteiger partial charge is 0.368 e. The predicted octanol–water partition coefficient (Wildman–Crippen LogP) is 1.84. The van der Waals surface area contributed by atoms with E-state index in [-0.39, 0.29) is 29.2 Å². The van der Waals surface area contributed by atoms with Crippen LogP contribution in [0, 0.1) is 17.0 Å². The van der Waals surface area contributed by atoms with E-state index >= 15 is 0 Å². The molecule has 3 N–H and O–H groups in total. The van der Waals surface area contributed by atoms with Gasteiger partial charge in [-0.3, -0.25) is 15.1 Å². The van der Waals surface area contributed by atoms with Crippen molar-refractivity contribution in [2.45, 2.75) is 19.9 Å². The molecule has 0 saturated heterocycles. The number of nitro groups is 1. The molecule has 2 rings (SSSR count). The molecule has 0 aliphatic carbocycles. The lowest BCUT2D eigenvalue weighted by Crippen LogP contribution is -2.13. The zero-order valence-corrected chi connectivity index (χ0v) is 11.1. The van der Waals surface area contributed by atoms with Gasteiger partial charge in [0.15, 0.2) is 0 Å². The highest BCUT2D eigenvalue weighted by Crippen LogP contribution is 2.28. The molecule has 0 fully saturated rings. The van der Waals surface area contributed by atoms with Crippen molar-refractivity contribution in [1.29, 1.82) is 0 Å². The van der Waals surface area contributed by atoms with Gasteiger partial charge in [0.05, 0.1) is 11.0 Å². The van der Waals surface area contributed by atoms with Gasteiger partial charge in [0.25, 0.3) is 0 Å². The molecule has 0 spiro atoms. The summed E-state index contributed by atoms with van der Waals surface area (Å²) < 4.78 is 0. The summed E-state index contributed by atoms with van der Waals surface area (Å²) in [7, 11) is 0. The summed E-state index contributed by atoms with van der Waals surface area (Å²) in [5, 5.41) is 14.1. The van der Waals surface area contributed by atoms with E-state index < -0.39 is 4.92 Å². The van der Waals surface area contributed by atoms with E-state index in [2.05, 4.69) is 20.3 Å². The Labute approximate surface area is 115 Å². The number of aryl methyl sites for hydroxylation is 1. The molecular formula is C12H14N6O2. The Bertz CT molecular complexity index is 631. The number of nitrogens with one attached hydrogen (secondary N) is 1. The smallest absolute Gasteiger partial charge is 0.332 e. The summed E-state index contributed by atoms with van der Waals surface area (Å²) >= 11 is 0. The van der Waals surface area contributed by atoms with Crippen LogP contribution in [0.25, 0.3) is 0 Å². The predicted molar refractivity (Wildman–Crippen MR) is 74.1 cm³/mol. The average molecular weight is 274 g/mol. The molecule has 0 aliphatic rings. The number of anilines is 2. The van der Waals surface area contributed by atoms with Crippen LogP contribution in [0.2, 0.25) is 0 Å². The summed E-state index contributed by atoms with van der Waals surface area (Å²) in [6.45, 7) is 3.38. The molecule has 0 saturated carbocycles. The van der Waals surface area contributed by atoms with Gasteiger partial charge in [-0.1, -0.05) is 6.07 Å². The van der Waals surface area contributed by atoms with Crippen LogP contribution in [0.3, 0.4) is 0 Å². The van der Waals surface area contributed by atoms with Crippen molar-refractivity contribution in [3.8, 4) is 0 Å². The van der Waals surface area contributed by atoms with E-state index in [0.29, 0.717) is 0 Å². The average Bonchev–Trinajstić information content (AvgIpc) is 2.38. The highest BCUT2D eigenvalue weighted by molar-refractivity contribution is 5.61. The van der Waals surface area contributed by atoms with Crippen LogP contribution in [-0.4, -0.2) is 19.9 Å². The maximum atomic E-state index is 11.1. The van der Waals surface area contributed by atoms with E-state index in [9.17, 15) is 10.1 Å². The van der Waals surface area contributed by atoms with Crippen molar-refractivity contribution in [3.05, 3.63) is 45.9 Å². The molecule has 1 atom stereocenters. The van der Waals surface area contributed by atoms with Gasteiger partial charge in [-0.05, 0) is 25.5 Å². The minimum Gasteiger partial charge on any atom is -0.368 e. The SMILES string of the molecule is Cc1nc(N)nc(NC(C)c2cccnc2)c1[N+](=O)[O-]. The molecule has 0 bridgehead atoms. The van der Waals surface area contributed by atoms with Crippen LogP contribution in [0.5, 0.6) is 0 Å². The molecule has 0 radical (unpaired) electrons. The molecule has 2 aromatic rings. The number of rotatable bonds is 4. The number of hydrogen-bond acceptors (Lipinski definition) is 7. The van der Waals surface area contributed by atoms with Gasteiger partial charge in [0.1, 0.15) is 5.69 Å². The molecule has 0 aromatic carbocycles. The molecule has 0 aliphatic heterocycles. The monoisotopic (exact) mass is 274 g/mol. The fourth-order valence-electron chi connectivity index (χ4n) is 1.83. The van der Waals surface area contributed by atoms with Crippen LogP contribution in [0.1, 0.15) is 24.2 Å². The maximum absolute atomic E-state index is 11.1. The van der Waals surface area contributed by atoms with Gasteiger partial charge in [-0.25, -0.2) is 4.98 Å². The lowest BCUT2D eigenvalue weighted by Gasteiger charge is -2.15. The fraction of sp³-hybridized carbons (Fsp3) is 0.250. The number of pyridine rings is 1. The van der Waals surface area contributed by atoms with Crippen LogP contribution >= 0.6 is 0 Å². The van der Waals surface area contributed by atoms with Crippen molar-refractivity contribution in [2.75, 3.05) is 11.1 Å². The maximum Gasteiger partial charge on any atom is 0.332 e. The summed E-state index contributed by atoms with van der Waals surface area (Å²) in [6.07, 6.45) is 3.34. The van der Waals surface area contributed by atoms with Gasteiger partial charge in [0, 0.05) is 12.4 Å². The molecule has 2 heterocycles. The zero-order valence-electron chi connectivity index (χ0n) is 11.1. The number of hydrogen-bond donors (Lipinski definition) is 2. The molecule has 0 amide bonds. The van der Waals surface area contributed by atoms with Crippen molar-refractivity contribution in [2.24, 2.45) is 0 Å². The summed E-state index contributed by atoms with van der Waals surface area (Å²) in [4.78, 5) is 22.3. The van der Waals surface area contributed by atoms with E-state index in [1.165, 1.54) is 6.92 Å². The summed E-state index contributed by atoms with van der Waals surface area (Å²) in [5.41, 5.74) is 6.49. The number of nitrogens with zero attached hydrogens (tertiary/aromatic N) is 4. The molecule has 20 heavy (non-hydrogen) atoms. The molecule has 8 nitrogen and oxygen atoms in total. The summed E-state index contributed by atoms with van der Waals surface area (Å²) in [6, 6.07) is 3.46. The molecule has 1 unspecified atom stereocenters. The molecular weight excluding hydrogens is 260 g/mol. The van der Waals surface area contributed by atoms with Gasteiger partial charge < -0.3 is 11.1 Å². The van der Waals surface area contributed by atoms with Crippen molar-refractivity contribution < 1.29 is 4.92 Å². The molecule has 104 valence electrons. The van der Waals surface area contributed by atoms with Crippen molar-refractivity contribution in [3.63, 3.8) is 0 Å². The first-order valence-corrected chi connectivity index (χ1v) is 5.94. The number of nitrogen functional groups attached to an aromatic ring is 1. The quantitative estimate of drug-likeness (QED) is 0.644. The second-order valence-corrected chi connectivity index (χ2v) is 4.27. The molecule has 8 heteroatoms. The second kappa shape index (κ2) is 5.47. The third-order valence-corrected chi connectivity index (χ3v) is 2.80. The lowest BCUT2D eigenvalue weighted by molar-refractivity contribution is -0.385. The Morgan fingerprint density at radius 2 is 2.20 bits per heavy atom. The van der Waals surface area contributed by atoms with Crippen molar-refractivity contribution >= 4 is 17.5 Å². The van der Waals surface area contributed by atoms with Crippen LogP contribution in [0.4, 0.5) is 17.5 Å². The van der Waals surface area contributed by atoms with E-state index in [1.807, 2.05) is 13.0 Å². The van der Waals surface area contributed by atoms with Crippen LogP contribution in [-0.2, 0) is 0 Å². The Balaban J connectivity index is 2.36. The first-order chi connectivity index (χ1) is 9.49. The normalized spacial score (nSPS) is 11.9. The summed E-state index contributed by atoms with van der Waals surface area (Å²) in [5.74, 6) is 0.102. The van der Waals surface area contributed by atoms with Crippen molar-refractivity contribution in [1.82, 2.24) is 15.0 Å². The molecule has 2 aromatic heterocycles. The van der Waals surface area contributed by atoms with Crippen LogP contribution < -0.4 is 11.1 Å². The third-order valence-electron chi connectivity index (χ3n) is 2.80. The van der Waals surface area contributed by atoms with Crippen LogP contribution in [0.15, 0.2) is 24.5 Å². The van der Waals surface area contributed by atoms with E-state index in [1.54, 1.807) is 18.5 Å².